The second kappa shape index (κ2) is 3.63. The fourth-order valence-electron chi connectivity index (χ4n) is 1.00. The van der Waals surface area contributed by atoms with Crippen LogP contribution >= 0.6 is 0 Å². The van der Waals surface area contributed by atoms with E-state index in [-0.39, 0.29) is 5.76 Å². The number of rotatable bonds is 3. The maximum Gasteiger partial charge on any atom is 0.378 e. The van der Waals surface area contributed by atoms with E-state index in [1.54, 1.807) is 0 Å². The molecule has 74 valence electrons. The van der Waals surface area contributed by atoms with Gasteiger partial charge in [0.2, 0.25) is 5.76 Å². The molecule has 1 aliphatic heterocycles. The van der Waals surface area contributed by atoms with E-state index in [4.69, 9.17) is 10.2 Å². The van der Waals surface area contributed by atoms with Gasteiger partial charge in [0.05, 0.1) is 13.7 Å². The lowest BCUT2D eigenvalue weighted by Crippen LogP contribution is -2.31. The number of aliphatic hydroxyl groups is 3. The minimum absolute atomic E-state index is 0.336. The topological polar surface area (TPSA) is 96.2 Å². The van der Waals surface area contributed by atoms with E-state index < -0.39 is 30.5 Å². The number of hydrogen-bond donors (Lipinski definition) is 3. The molecule has 2 atom stereocenters. The second-order valence-electron chi connectivity index (χ2n) is 2.49. The normalized spacial score (nSPS) is 24.5. The summed E-state index contributed by atoms with van der Waals surface area (Å²) >= 11 is 0. The summed E-state index contributed by atoms with van der Waals surface area (Å²) in [6.07, 6.45) is -2.57. The predicted molar refractivity (Wildman–Crippen MR) is 39.6 cm³/mol. The molecule has 0 spiro atoms. The molecule has 3 N–H and O–H groups in total. The van der Waals surface area contributed by atoms with Gasteiger partial charge in [0.15, 0.2) is 11.9 Å². The third-order valence-corrected chi connectivity index (χ3v) is 1.66. The van der Waals surface area contributed by atoms with Gasteiger partial charge >= 0.3 is 5.97 Å². The van der Waals surface area contributed by atoms with Gasteiger partial charge in [-0.25, -0.2) is 4.79 Å². The van der Waals surface area contributed by atoms with E-state index in [0.717, 1.165) is 0 Å². The van der Waals surface area contributed by atoms with E-state index in [0.29, 0.717) is 0 Å². The molecule has 0 bridgehead atoms. The van der Waals surface area contributed by atoms with Crippen LogP contribution in [0, 0.1) is 0 Å². The molecule has 0 aliphatic carbocycles. The minimum Gasteiger partial charge on any atom is -0.505 e. The van der Waals surface area contributed by atoms with Crippen LogP contribution in [0.25, 0.3) is 0 Å². The molecular formula is C7H10O6. The molecule has 0 aromatic rings. The maximum atomic E-state index is 10.9. The largest absolute Gasteiger partial charge is 0.505 e. The van der Waals surface area contributed by atoms with Crippen LogP contribution in [0.4, 0.5) is 0 Å². The fraction of sp³-hybridized carbons (Fsp3) is 0.571. The van der Waals surface area contributed by atoms with Crippen molar-refractivity contribution in [2.45, 2.75) is 12.2 Å². The summed E-state index contributed by atoms with van der Waals surface area (Å²) in [5, 5.41) is 26.9. The van der Waals surface area contributed by atoms with Crippen molar-refractivity contribution in [3.8, 4) is 0 Å². The monoisotopic (exact) mass is 190 g/mol. The Morgan fingerprint density at radius 3 is 2.69 bits per heavy atom. The molecular weight excluding hydrogens is 180 g/mol. The first kappa shape index (κ1) is 9.82. The van der Waals surface area contributed by atoms with Gasteiger partial charge in [-0.3, -0.25) is 0 Å². The number of esters is 1. The Labute approximate surface area is 74.0 Å². The Morgan fingerprint density at radius 2 is 2.31 bits per heavy atom. The highest BCUT2D eigenvalue weighted by atomic mass is 16.6. The standard InChI is InChI=1S/C7H10O6/c1-12-6-4(10)5(3(9)2-8)13-7(6)11/h3,5,8-10H,2H2,1H3/t3?,5-/m1/s1. The molecule has 6 heteroatoms. The molecule has 0 aromatic carbocycles. The lowest BCUT2D eigenvalue weighted by atomic mass is 10.2. The lowest BCUT2D eigenvalue weighted by molar-refractivity contribution is -0.148. The molecule has 0 saturated carbocycles. The van der Waals surface area contributed by atoms with E-state index >= 15 is 0 Å². The summed E-state index contributed by atoms with van der Waals surface area (Å²) in [6.45, 7) is -0.612. The van der Waals surface area contributed by atoms with Crippen molar-refractivity contribution in [1.29, 1.82) is 0 Å². The molecule has 6 nitrogen and oxygen atoms in total. The first-order chi connectivity index (χ1) is 6.11. The highest BCUT2D eigenvalue weighted by Crippen LogP contribution is 2.23. The van der Waals surface area contributed by atoms with Gasteiger partial charge in [0.1, 0.15) is 6.10 Å². The van der Waals surface area contributed by atoms with Crippen molar-refractivity contribution < 1.29 is 29.6 Å². The Hall–Kier alpha value is -1.27. The van der Waals surface area contributed by atoms with Crippen molar-refractivity contribution in [3.63, 3.8) is 0 Å². The first-order valence-corrected chi connectivity index (χ1v) is 3.58. The average molecular weight is 190 g/mol. The number of carbonyl (C=O) groups excluding carboxylic acids is 1. The van der Waals surface area contributed by atoms with Gasteiger partial charge in [-0.05, 0) is 0 Å². The van der Waals surface area contributed by atoms with Gasteiger partial charge in [-0.2, -0.15) is 0 Å². The Bertz CT molecular complexity index is 245. The summed E-state index contributed by atoms with van der Waals surface area (Å²) in [5.74, 6) is -1.68. The molecule has 0 amide bonds. The van der Waals surface area contributed by atoms with Crippen LogP contribution in [0.2, 0.25) is 0 Å². The van der Waals surface area contributed by atoms with E-state index in [1.165, 1.54) is 7.11 Å². The first-order valence-electron chi connectivity index (χ1n) is 3.58. The summed E-state index contributed by atoms with van der Waals surface area (Å²) in [6, 6.07) is 0. The van der Waals surface area contributed by atoms with Crippen LogP contribution in [0.5, 0.6) is 0 Å². The van der Waals surface area contributed by atoms with Crippen LogP contribution in [-0.2, 0) is 14.3 Å². The van der Waals surface area contributed by atoms with Crippen molar-refractivity contribution >= 4 is 5.97 Å². The molecule has 1 rings (SSSR count). The maximum absolute atomic E-state index is 10.9. The van der Waals surface area contributed by atoms with Crippen LogP contribution in [0.3, 0.4) is 0 Å². The third-order valence-electron chi connectivity index (χ3n) is 1.66. The van der Waals surface area contributed by atoms with Crippen LogP contribution < -0.4 is 0 Å². The highest BCUT2D eigenvalue weighted by molar-refractivity contribution is 5.89. The van der Waals surface area contributed by atoms with Crippen LogP contribution in [0.15, 0.2) is 11.5 Å². The Kier molecular flexibility index (Phi) is 2.74. The van der Waals surface area contributed by atoms with Gasteiger partial charge in [0, 0.05) is 0 Å². The smallest absolute Gasteiger partial charge is 0.378 e. The van der Waals surface area contributed by atoms with E-state index in [9.17, 15) is 9.90 Å². The van der Waals surface area contributed by atoms with Gasteiger partial charge in [0.25, 0.3) is 0 Å². The molecule has 0 aromatic heterocycles. The van der Waals surface area contributed by atoms with E-state index in [2.05, 4.69) is 9.47 Å². The van der Waals surface area contributed by atoms with Crippen molar-refractivity contribution in [2.24, 2.45) is 0 Å². The Balaban J connectivity index is 2.84. The predicted octanol–water partition coefficient (Wildman–Crippen LogP) is -1.32. The zero-order valence-corrected chi connectivity index (χ0v) is 6.93. The SMILES string of the molecule is COC1=C(O)[C@@H](C(O)CO)OC1=O. The van der Waals surface area contributed by atoms with E-state index in [1.807, 2.05) is 0 Å². The van der Waals surface area contributed by atoms with Gasteiger partial charge in [-0.1, -0.05) is 0 Å². The van der Waals surface area contributed by atoms with Gasteiger partial charge < -0.3 is 24.8 Å². The zero-order valence-electron chi connectivity index (χ0n) is 6.93. The van der Waals surface area contributed by atoms with Crippen molar-refractivity contribution in [3.05, 3.63) is 11.5 Å². The molecule has 13 heavy (non-hydrogen) atoms. The molecule has 1 unspecified atom stereocenters. The lowest BCUT2D eigenvalue weighted by Gasteiger charge is -2.13. The highest BCUT2D eigenvalue weighted by Gasteiger charge is 2.39. The summed E-state index contributed by atoms with van der Waals surface area (Å²) in [5.41, 5.74) is 0. The number of methoxy groups -OCH3 is 1. The average Bonchev–Trinajstić information content (AvgIpc) is 2.40. The molecule has 0 fully saturated rings. The van der Waals surface area contributed by atoms with Crippen LogP contribution in [-0.4, -0.2) is 47.2 Å². The quantitative estimate of drug-likeness (QED) is 0.478. The summed E-state index contributed by atoms with van der Waals surface area (Å²) in [4.78, 5) is 10.9. The Morgan fingerprint density at radius 1 is 1.69 bits per heavy atom. The van der Waals surface area contributed by atoms with Crippen molar-refractivity contribution in [2.75, 3.05) is 13.7 Å². The fourth-order valence-corrected chi connectivity index (χ4v) is 1.00. The number of carbonyl (C=O) groups is 1. The minimum atomic E-state index is -1.34. The number of cyclic esters (lactones) is 1. The molecule has 1 aliphatic rings. The molecule has 0 saturated heterocycles. The third kappa shape index (κ3) is 1.58. The molecule has 1 heterocycles. The number of hydrogen-bond acceptors (Lipinski definition) is 6. The molecule has 0 radical (unpaired) electrons. The zero-order chi connectivity index (χ0) is 10.0. The summed E-state index contributed by atoms with van der Waals surface area (Å²) in [7, 11) is 1.19. The van der Waals surface area contributed by atoms with Gasteiger partial charge in [-0.15, -0.1) is 0 Å². The van der Waals surface area contributed by atoms with Crippen LogP contribution in [0.1, 0.15) is 0 Å². The second-order valence-corrected chi connectivity index (χ2v) is 2.49. The number of aliphatic hydroxyl groups excluding tert-OH is 3. The van der Waals surface area contributed by atoms with Crippen molar-refractivity contribution in [1.82, 2.24) is 0 Å². The number of ether oxygens (including phenoxy) is 2. The summed E-state index contributed by atoms with van der Waals surface area (Å²) < 4.78 is 9.05.